The van der Waals surface area contributed by atoms with Crippen LogP contribution in [0.4, 0.5) is 5.69 Å². The van der Waals surface area contributed by atoms with Crippen molar-refractivity contribution in [2.75, 3.05) is 11.5 Å². The predicted molar refractivity (Wildman–Crippen MR) is 87.8 cm³/mol. The van der Waals surface area contributed by atoms with Gasteiger partial charge in [0, 0.05) is 15.9 Å². The number of nitrogens with two attached hydrogens (primary N) is 1. The van der Waals surface area contributed by atoms with Crippen molar-refractivity contribution >= 4 is 32.4 Å². The zero-order chi connectivity index (χ0) is 14.1. The van der Waals surface area contributed by atoms with Gasteiger partial charge < -0.3 is 5.73 Å². The SMILES string of the molecule is CCCCCCCCCS(=O)c1cc(Br)ccc1N. The van der Waals surface area contributed by atoms with E-state index < -0.39 is 10.8 Å². The number of rotatable bonds is 9. The van der Waals surface area contributed by atoms with Crippen molar-refractivity contribution in [1.29, 1.82) is 0 Å². The molecule has 0 aliphatic heterocycles. The minimum absolute atomic E-state index is 0.629. The highest BCUT2D eigenvalue weighted by Crippen LogP contribution is 2.22. The third kappa shape index (κ3) is 6.57. The van der Waals surface area contributed by atoms with Crippen molar-refractivity contribution in [2.45, 2.75) is 56.8 Å². The number of halogens is 1. The van der Waals surface area contributed by atoms with Crippen LogP contribution in [0, 0.1) is 0 Å². The molecule has 0 bridgehead atoms. The second kappa shape index (κ2) is 9.54. The molecule has 0 spiro atoms. The number of unbranched alkanes of at least 4 members (excludes halogenated alkanes) is 6. The van der Waals surface area contributed by atoms with Crippen LogP contribution in [0.5, 0.6) is 0 Å². The summed E-state index contributed by atoms with van der Waals surface area (Å²) >= 11 is 3.39. The van der Waals surface area contributed by atoms with Crippen LogP contribution in [-0.4, -0.2) is 9.96 Å². The molecule has 0 aliphatic carbocycles. The van der Waals surface area contributed by atoms with E-state index in [4.69, 9.17) is 5.73 Å². The van der Waals surface area contributed by atoms with Crippen molar-refractivity contribution in [3.8, 4) is 0 Å². The van der Waals surface area contributed by atoms with Gasteiger partial charge in [0.1, 0.15) is 0 Å². The van der Waals surface area contributed by atoms with E-state index >= 15 is 0 Å². The van der Waals surface area contributed by atoms with Crippen LogP contribution in [-0.2, 0) is 10.8 Å². The van der Waals surface area contributed by atoms with Crippen molar-refractivity contribution in [3.05, 3.63) is 22.7 Å². The highest BCUT2D eigenvalue weighted by Gasteiger charge is 2.08. The van der Waals surface area contributed by atoms with Crippen LogP contribution in [0.25, 0.3) is 0 Å². The molecule has 0 saturated carbocycles. The lowest BCUT2D eigenvalue weighted by Gasteiger charge is -2.06. The van der Waals surface area contributed by atoms with Gasteiger partial charge in [0.05, 0.1) is 15.7 Å². The third-order valence-electron chi connectivity index (χ3n) is 3.15. The Morgan fingerprint density at radius 3 is 2.42 bits per heavy atom. The third-order valence-corrected chi connectivity index (χ3v) is 5.15. The molecule has 1 rings (SSSR count). The number of benzene rings is 1. The predicted octanol–water partition coefficient (Wildman–Crippen LogP) is 4.89. The van der Waals surface area contributed by atoms with Gasteiger partial charge in [0.25, 0.3) is 0 Å². The van der Waals surface area contributed by atoms with Crippen LogP contribution < -0.4 is 5.73 Å². The van der Waals surface area contributed by atoms with Gasteiger partial charge in [0.15, 0.2) is 0 Å². The van der Waals surface area contributed by atoms with E-state index in [2.05, 4.69) is 22.9 Å². The van der Waals surface area contributed by atoms with Gasteiger partial charge in [-0.3, -0.25) is 4.21 Å². The molecule has 0 amide bonds. The quantitative estimate of drug-likeness (QED) is 0.511. The van der Waals surface area contributed by atoms with Gasteiger partial charge in [-0.15, -0.1) is 0 Å². The fraction of sp³-hybridized carbons (Fsp3) is 0.600. The van der Waals surface area contributed by atoms with E-state index in [1.54, 1.807) is 0 Å². The zero-order valence-corrected chi connectivity index (χ0v) is 14.1. The Kier molecular flexibility index (Phi) is 8.38. The highest BCUT2D eigenvalue weighted by atomic mass is 79.9. The minimum atomic E-state index is -0.969. The first kappa shape index (κ1) is 16.7. The normalized spacial score (nSPS) is 12.5. The van der Waals surface area contributed by atoms with E-state index in [-0.39, 0.29) is 0 Å². The molecule has 19 heavy (non-hydrogen) atoms. The van der Waals surface area contributed by atoms with Gasteiger partial charge in [-0.05, 0) is 24.6 Å². The van der Waals surface area contributed by atoms with Crippen LogP contribution in [0.15, 0.2) is 27.6 Å². The molecule has 0 heterocycles. The van der Waals surface area contributed by atoms with E-state index in [9.17, 15) is 4.21 Å². The fourth-order valence-electron chi connectivity index (χ4n) is 2.01. The van der Waals surface area contributed by atoms with E-state index in [0.717, 1.165) is 15.8 Å². The lowest BCUT2D eigenvalue weighted by Crippen LogP contribution is -2.02. The van der Waals surface area contributed by atoms with Crippen molar-refractivity contribution in [2.24, 2.45) is 0 Å². The topological polar surface area (TPSA) is 43.1 Å². The second-order valence-electron chi connectivity index (χ2n) is 4.85. The first-order chi connectivity index (χ1) is 9.15. The average molecular weight is 346 g/mol. The van der Waals surface area contributed by atoms with Gasteiger partial charge in [-0.1, -0.05) is 61.4 Å². The molecule has 1 atom stereocenters. The molecule has 2 N–H and O–H groups in total. The maximum absolute atomic E-state index is 12.2. The summed E-state index contributed by atoms with van der Waals surface area (Å²) in [5.74, 6) is 0.717. The summed E-state index contributed by atoms with van der Waals surface area (Å²) in [7, 11) is -0.969. The van der Waals surface area contributed by atoms with E-state index in [1.165, 1.54) is 38.5 Å². The van der Waals surface area contributed by atoms with Crippen molar-refractivity contribution in [3.63, 3.8) is 0 Å². The summed E-state index contributed by atoms with van der Waals surface area (Å²) in [4.78, 5) is 0.764. The van der Waals surface area contributed by atoms with Gasteiger partial charge >= 0.3 is 0 Å². The summed E-state index contributed by atoms with van der Waals surface area (Å²) in [6.07, 6.45) is 8.70. The first-order valence-corrected chi connectivity index (χ1v) is 9.19. The largest absolute Gasteiger partial charge is 0.398 e. The van der Waals surface area contributed by atoms with E-state index in [0.29, 0.717) is 11.4 Å². The fourth-order valence-corrected chi connectivity index (χ4v) is 3.79. The molecule has 108 valence electrons. The Bertz CT molecular complexity index is 409. The average Bonchev–Trinajstić information content (AvgIpc) is 2.40. The second-order valence-corrected chi connectivity index (χ2v) is 7.31. The monoisotopic (exact) mass is 345 g/mol. The van der Waals surface area contributed by atoms with Crippen LogP contribution in [0.3, 0.4) is 0 Å². The Morgan fingerprint density at radius 1 is 1.11 bits per heavy atom. The first-order valence-electron chi connectivity index (χ1n) is 7.08. The van der Waals surface area contributed by atoms with Crippen molar-refractivity contribution < 1.29 is 4.21 Å². The highest BCUT2D eigenvalue weighted by molar-refractivity contribution is 9.10. The Morgan fingerprint density at radius 2 is 1.74 bits per heavy atom. The Balaban J connectivity index is 2.26. The number of nitrogen functional groups attached to an aromatic ring is 1. The smallest absolute Gasteiger partial charge is 0.0628 e. The molecule has 0 aliphatic rings. The molecule has 1 aromatic rings. The molecule has 4 heteroatoms. The molecule has 1 unspecified atom stereocenters. The summed E-state index contributed by atoms with van der Waals surface area (Å²) in [6.45, 7) is 2.23. The molecule has 0 fully saturated rings. The van der Waals surface area contributed by atoms with Crippen LogP contribution in [0.2, 0.25) is 0 Å². The minimum Gasteiger partial charge on any atom is -0.398 e. The summed E-state index contributed by atoms with van der Waals surface area (Å²) < 4.78 is 13.1. The van der Waals surface area contributed by atoms with Gasteiger partial charge in [-0.25, -0.2) is 0 Å². The molecule has 0 radical (unpaired) electrons. The van der Waals surface area contributed by atoms with Gasteiger partial charge in [-0.2, -0.15) is 0 Å². The summed E-state index contributed by atoms with van der Waals surface area (Å²) in [5, 5.41) is 0. The summed E-state index contributed by atoms with van der Waals surface area (Å²) in [5.41, 5.74) is 6.49. The molecule has 2 nitrogen and oxygen atoms in total. The lowest BCUT2D eigenvalue weighted by molar-refractivity contribution is 0.601. The van der Waals surface area contributed by atoms with Gasteiger partial charge in [0.2, 0.25) is 0 Å². The van der Waals surface area contributed by atoms with Crippen LogP contribution in [0.1, 0.15) is 51.9 Å². The Labute approximate surface area is 127 Å². The van der Waals surface area contributed by atoms with E-state index in [1.807, 2.05) is 18.2 Å². The number of hydrogen-bond acceptors (Lipinski definition) is 2. The number of hydrogen-bond donors (Lipinski definition) is 1. The zero-order valence-electron chi connectivity index (χ0n) is 11.7. The number of anilines is 1. The molecular weight excluding hydrogens is 322 g/mol. The molecule has 1 aromatic carbocycles. The standard InChI is InChI=1S/C15H24BrNOS/c1-2-3-4-5-6-7-8-11-19(18)15-12-13(16)9-10-14(15)17/h9-10,12H,2-8,11,17H2,1H3. The lowest BCUT2D eigenvalue weighted by atomic mass is 10.1. The molecule has 0 aromatic heterocycles. The summed E-state index contributed by atoms with van der Waals surface area (Å²) in [6, 6.07) is 5.55. The maximum Gasteiger partial charge on any atom is 0.0628 e. The molecule has 0 saturated heterocycles. The van der Waals surface area contributed by atoms with Crippen molar-refractivity contribution in [1.82, 2.24) is 0 Å². The molecular formula is C15H24BrNOS. The Hall–Kier alpha value is -0.350. The maximum atomic E-state index is 12.2. The van der Waals surface area contributed by atoms with Crippen LogP contribution >= 0.6 is 15.9 Å².